The van der Waals surface area contributed by atoms with E-state index in [1.165, 1.54) is 12.3 Å². The van der Waals surface area contributed by atoms with Gasteiger partial charge in [0, 0.05) is 51.2 Å². The molecule has 0 radical (unpaired) electrons. The Kier molecular flexibility index (Phi) is 6.31. The van der Waals surface area contributed by atoms with Crippen LogP contribution in [0.3, 0.4) is 0 Å². The van der Waals surface area contributed by atoms with Gasteiger partial charge < -0.3 is 14.8 Å². The summed E-state index contributed by atoms with van der Waals surface area (Å²) in [4.78, 5) is 24.2. The maximum atomic E-state index is 13.4. The largest absolute Gasteiger partial charge is 0.449 e. The quantitative estimate of drug-likeness (QED) is 0.646. The molecule has 170 valence electrons. The number of halogens is 3. The lowest BCUT2D eigenvalue weighted by Gasteiger charge is -2.35. The summed E-state index contributed by atoms with van der Waals surface area (Å²) in [5.41, 5.74) is 2.34. The van der Waals surface area contributed by atoms with Gasteiger partial charge >= 0.3 is 12.2 Å². The SMILES string of the molecule is CCc1ccccc1NC(=O)N1CCN(CCn2c(C(F)(F)F)nc3cccnc32)CC1. The van der Waals surface area contributed by atoms with Crippen LogP contribution in [0.4, 0.5) is 23.7 Å². The van der Waals surface area contributed by atoms with E-state index in [0.717, 1.165) is 22.2 Å². The molecule has 1 saturated heterocycles. The van der Waals surface area contributed by atoms with Crippen molar-refractivity contribution in [1.82, 2.24) is 24.3 Å². The van der Waals surface area contributed by atoms with Crippen molar-refractivity contribution in [3.63, 3.8) is 0 Å². The zero-order valence-corrected chi connectivity index (χ0v) is 17.8. The molecular weight excluding hydrogens is 421 g/mol. The number of aryl methyl sites for hydroxylation is 1. The van der Waals surface area contributed by atoms with Crippen molar-refractivity contribution < 1.29 is 18.0 Å². The number of benzene rings is 1. The standard InChI is InChI=1S/C22H25F3N6O/c1-2-16-6-3-4-7-17(16)28-21(32)30-13-10-29(11-14-30)12-15-31-19-18(8-5-9-26-19)27-20(31)22(23,24)25/h3-9H,2,10-15H2,1H3,(H,28,32). The van der Waals surface area contributed by atoms with Gasteiger partial charge in [0.25, 0.3) is 0 Å². The number of rotatable bonds is 5. The number of piperazine rings is 1. The van der Waals surface area contributed by atoms with Crippen molar-refractivity contribution in [3.8, 4) is 0 Å². The first-order chi connectivity index (χ1) is 15.4. The van der Waals surface area contributed by atoms with E-state index in [9.17, 15) is 18.0 Å². The molecule has 1 N–H and O–H groups in total. The van der Waals surface area contributed by atoms with E-state index in [2.05, 4.69) is 20.2 Å². The number of amides is 2. The zero-order chi connectivity index (χ0) is 22.7. The average molecular weight is 446 g/mol. The minimum absolute atomic E-state index is 0.123. The van der Waals surface area contributed by atoms with Crippen LogP contribution in [-0.2, 0) is 19.1 Å². The fraction of sp³-hybridized carbons (Fsp3) is 0.409. The monoisotopic (exact) mass is 446 g/mol. The second-order valence-electron chi connectivity index (χ2n) is 7.70. The molecule has 1 aliphatic rings. The van der Waals surface area contributed by atoms with Gasteiger partial charge in [0.1, 0.15) is 5.52 Å². The number of hydrogen-bond donors (Lipinski definition) is 1. The molecule has 0 aliphatic carbocycles. The number of anilines is 1. The second-order valence-corrected chi connectivity index (χ2v) is 7.70. The number of carbonyl (C=O) groups excluding carboxylic acids is 1. The molecule has 1 aromatic carbocycles. The van der Waals surface area contributed by atoms with Crippen molar-refractivity contribution in [3.05, 3.63) is 54.0 Å². The van der Waals surface area contributed by atoms with Crippen LogP contribution >= 0.6 is 0 Å². The van der Waals surface area contributed by atoms with E-state index >= 15 is 0 Å². The molecule has 3 heterocycles. The predicted molar refractivity (Wildman–Crippen MR) is 115 cm³/mol. The maximum absolute atomic E-state index is 13.4. The summed E-state index contributed by atoms with van der Waals surface area (Å²) in [5.74, 6) is -0.932. The Balaban J connectivity index is 1.36. The van der Waals surface area contributed by atoms with Gasteiger partial charge in [-0.3, -0.25) is 4.90 Å². The highest BCUT2D eigenvalue weighted by molar-refractivity contribution is 5.90. The molecule has 4 rings (SSSR count). The van der Waals surface area contributed by atoms with Crippen molar-refractivity contribution in [2.45, 2.75) is 26.1 Å². The first-order valence-corrected chi connectivity index (χ1v) is 10.6. The highest BCUT2D eigenvalue weighted by Crippen LogP contribution is 2.30. The number of aromatic nitrogens is 3. The summed E-state index contributed by atoms with van der Waals surface area (Å²) in [6.07, 6.45) is -2.26. The number of imidazole rings is 1. The molecule has 7 nitrogen and oxygen atoms in total. The van der Waals surface area contributed by atoms with Crippen LogP contribution in [0.2, 0.25) is 0 Å². The Morgan fingerprint density at radius 2 is 1.81 bits per heavy atom. The Labute approximate surface area is 183 Å². The number of fused-ring (bicyclic) bond motifs is 1. The molecule has 2 aromatic heterocycles. The smallest absolute Gasteiger partial charge is 0.322 e. The van der Waals surface area contributed by atoms with Crippen LogP contribution < -0.4 is 5.32 Å². The normalized spacial score (nSPS) is 15.3. The maximum Gasteiger partial charge on any atom is 0.449 e. The third-order valence-corrected chi connectivity index (χ3v) is 5.70. The summed E-state index contributed by atoms with van der Waals surface area (Å²) in [5, 5.41) is 2.97. The molecule has 0 bridgehead atoms. The van der Waals surface area contributed by atoms with Gasteiger partial charge in [0.15, 0.2) is 5.65 Å². The Morgan fingerprint density at radius 3 is 2.53 bits per heavy atom. The van der Waals surface area contributed by atoms with E-state index in [1.54, 1.807) is 11.0 Å². The number of alkyl halides is 3. The van der Waals surface area contributed by atoms with Gasteiger partial charge in [-0.2, -0.15) is 13.2 Å². The lowest BCUT2D eigenvalue weighted by Crippen LogP contribution is -2.50. The van der Waals surface area contributed by atoms with Crippen molar-refractivity contribution in [1.29, 1.82) is 0 Å². The van der Waals surface area contributed by atoms with Gasteiger partial charge in [-0.1, -0.05) is 25.1 Å². The van der Waals surface area contributed by atoms with E-state index in [4.69, 9.17) is 0 Å². The molecule has 1 aliphatic heterocycles. The third-order valence-electron chi connectivity index (χ3n) is 5.70. The molecule has 32 heavy (non-hydrogen) atoms. The van der Waals surface area contributed by atoms with Gasteiger partial charge in [0.2, 0.25) is 5.82 Å². The van der Waals surface area contributed by atoms with Crippen molar-refractivity contribution in [2.75, 3.05) is 38.0 Å². The van der Waals surface area contributed by atoms with Crippen LogP contribution in [0.5, 0.6) is 0 Å². The number of hydrogen-bond acceptors (Lipinski definition) is 4. The average Bonchev–Trinajstić information content (AvgIpc) is 3.17. The second kappa shape index (κ2) is 9.15. The Hall–Kier alpha value is -3.14. The predicted octanol–water partition coefficient (Wildman–Crippen LogP) is 3.86. The van der Waals surface area contributed by atoms with E-state index in [1.807, 2.05) is 31.2 Å². The molecule has 2 amide bonds. The van der Waals surface area contributed by atoms with Crippen LogP contribution in [0.1, 0.15) is 18.3 Å². The molecule has 0 saturated carbocycles. The number of pyridine rings is 1. The molecular formula is C22H25F3N6O. The molecule has 0 spiro atoms. The zero-order valence-electron chi connectivity index (χ0n) is 17.8. The molecule has 10 heteroatoms. The molecule has 0 unspecified atom stereocenters. The summed E-state index contributed by atoms with van der Waals surface area (Å²) in [6.45, 7) is 4.77. The van der Waals surface area contributed by atoms with Gasteiger partial charge in [-0.05, 0) is 30.2 Å². The fourth-order valence-electron chi connectivity index (χ4n) is 3.95. The van der Waals surface area contributed by atoms with Crippen LogP contribution in [0, 0.1) is 0 Å². The first-order valence-electron chi connectivity index (χ1n) is 10.6. The van der Waals surface area contributed by atoms with Gasteiger partial charge in [0.05, 0.1) is 0 Å². The highest BCUT2D eigenvalue weighted by atomic mass is 19.4. The van der Waals surface area contributed by atoms with Crippen LogP contribution in [0.25, 0.3) is 11.2 Å². The number of nitrogens with zero attached hydrogens (tertiary/aromatic N) is 5. The van der Waals surface area contributed by atoms with Crippen LogP contribution in [-0.4, -0.2) is 63.1 Å². The summed E-state index contributed by atoms with van der Waals surface area (Å²) in [6, 6.07) is 10.6. The Morgan fingerprint density at radius 1 is 1.06 bits per heavy atom. The number of nitrogens with one attached hydrogen (secondary N) is 1. The summed E-state index contributed by atoms with van der Waals surface area (Å²) >= 11 is 0. The van der Waals surface area contributed by atoms with E-state index < -0.39 is 12.0 Å². The minimum Gasteiger partial charge on any atom is -0.322 e. The van der Waals surface area contributed by atoms with Crippen molar-refractivity contribution in [2.24, 2.45) is 0 Å². The van der Waals surface area contributed by atoms with Crippen LogP contribution in [0.15, 0.2) is 42.6 Å². The topological polar surface area (TPSA) is 66.3 Å². The van der Waals surface area contributed by atoms with Gasteiger partial charge in [-0.25, -0.2) is 14.8 Å². The third kappa shape index (κ3) is 4.69. The summed E-state index contributed by atoms with van der Waals surface area (Å²) in [7, 11) is 0. The fourth-order valence-corrected chi connectivity index (χ4v) is 3.95. The Bertz CT molecular complexity index is 1090. The first kappa shape index (κ1) is 22.1. The lowest BCUT2D eigenvalue weighted by molar-refractivity contribution is -0.147. The van der Waals surface area contributed by atoms with E-state index in [-0.39, 0.29) is 23.7 Å². The van der Waals surface area contributed by atoms with Gasteiger partial charge in [-0.15, -0.1) is 0 Å². The number of para-hydroxylation sites is 1. The summed E-state index contributed by atoms with van der Waals surface area (Å²) < 4.78 is 41.5. The van der Waals surface area contributed by atoms with Crippen molar-refractivity contribution >= 4 is 22.9 Å². The highest BCUT2D eigenvalue weighted by Gasteiger charge is 2.38. The molecule has 0 atom stereocenters. The number of carbonyl (C=O) groups is 1. The van der Waals surface area contributed by atoms with E-state index in [0.29, 0.717) is 32.7 Å². The lowest BCUT2D eigenvalue weighted by atomic mass is 10.1. The molecule has 3 aromatic rings. The number of urea groups is 1. The minimum atomic E-state index is -4.55. The molecule has 1 fully saturated rings.